The summed E-state index contributed by atoms with van der Waals surface area (Å²) in [6.07, 6.45) is 0. The second-order valence-electron chi connectivity index (χ2n) is 3.46. The van der Waals surface area contributed by atoms with Gasteiger partial charge in [0.15, 0.2) is 0 Å². The third-order valence-corrected chi connectivity index (χ3v) is 2.10. The Kier molecular flexibility index (Phi) is 4.27. The van der Waals surface area contributed by atoms with Gasteiger partial charge in [0.05, 0.1) is 6.61 Å². The zero-order valence-electron chi connectivity index (χ0n) is 8.73. The molecule has 1 rings (SSSR count). The monoisotopic (exact) mass is 208 g/mol. The van der Waals surface area contributed by atoms with Gasteiger partial charge in [-0.05, 0) is 24.6 Å². The van der Waals surface area contributed by atoms with E-state index >= 15 is 0 Å². The molecule has 1 aromatic carbocycles. The molecule has 0 saturated heterocycles. The predicted octanol–water partition coefficient (Wildman–Crippen LogP) is 0.256. The number of nitrogens with two attached hydrogens (primary N) is 1. The van der Waals surface area contributed by atoms with E-state index in [2.05, 4.69) is 5.32 Å². The van der Waals surface area contributed by atoms with E-state index in [-0.39, 0.29) is 18.6 Å². The molecule has 4 heteroatoms. The first-order valence-corrected chi connectivity index (χ1v) is 4.88. The van der Waals surface area contributed by atoms with Crippen LogP contribution in [0.15, 0.2) is 24.3 Å². The van der Waals surface area contributed by atoms with Crippen LogP contribution in [0, 0.1) is 0 Å². The fourth-order valence-electron chi connectivity index (χ4n) is 1.14. The predicted molar refractivity (Wildman–Crippen MR) is 58.3 cm³/mol. The molecule has 1 aromatic rings. The van der Waals surface area contributed by atoms with Crippen LogP contribution < -0.4 is 11.1 Å². The third-order valence-electron chi connectivity index (χ3n) is 2.10. The number of hydrogen-bond acceptors (Lipinski definition) is 3. The number of rotatable bonds is 4. The molecule has 0 unspecified atom stereocenters. The van der Waals surface area contributed by atoms with Crippen molar-refractivity contribution in [1.82, 2.24) is 5.32 Å². The third kappa shape index (κ3) is 3.34. The Morgan fingerprint density at radius 1 is 1.47 bits per heavy atom. The van der Waals surface area contributed by atoms with Gasteiger partial charge < -0.3 is 16.2 Å². The van der Waals surface area contributed by atoms with E-state index in [9.17, 15) is 4.79 Å². The largest absolute Gasteiger partial charge is 0.394 e. The maximum Gasteiger partial charge on any atom is 0.251 e. The topological polar surface area (TPSA) is 75.3 Å². The van der Waals surface area contributed by atoms with E-state index in [0.29, 0.717) is 12.1 Å². The first kappa shape index (κ1) is 11.7. The van der Waals surface area contributed by atoms with Crippen molar-refractivity contribution < 1.29 is 9.90 Å². The Hall–Kier alpha value is -1.39. The van der Waals surface area contributed by atoms with E-state index in [1.54, 1.807) is 19.1 Å². The Morgan fingerprint density at radius 3 is 2.53 bits per heavy atom. The number of amides is 1. The average Bonchev–Trinajstić information content (AvgIpc) is 2.29. The van der Waals surface area contributed by atoms with Crippen molar-refractivity contribution >= 4 is 5.91 Å². The lowest BCUT2D eigenvalue weighted by Crippen LogP contribution is -2.34. The molecule has 4 nitrogen and oxygen atoms in total. The molecule has 0 heterocycles. The zero-order chi connectivity index (χ0) is 11.3. The van der Waals surface area contributed by atoms with Crippen molar-refractivity contribution in [1.29, 1.82) is 0 Å². The van der Waals surface area contributed by atoms with Gasteiger partial charge >= 0.3 is 0 Å². The zero-order valence-corrected chi connectivity index (χ0v) is 8.73. The van der Waals surface area contributed by atoms with Gasteiger partial charge in [0.1, 0.15) is 0 Å². The lowest BCUT2D eigenvalue weighted by Gasteiger charge is -2.10. The summed E-state index contributed by atoms with van der Waals surface area (Å²) in [5.41, 5.74) is 7.01. The normalized spacial score (nSPS) is 12.2. The smallest absolute Gasteiger partial charge is 0.251 e. The van der Waals surface area contributed by atoms with Crippen LogP contribution in [0.25, 0.3) is 0 Å². The van der Waals surface area contributed by atoms with Gasteiger partial charge in [-0.25, -0.2) is 0 Å². The number of nitrogens with one attached hydrogen (secondary N) is 1. The summed E-state index contributed by atoms with van der Waals surface area (Å²) in [6, 6.07) is 6.85. The molecule has 82 valence electrons. The van der Waals surface area contributed by atoms with E-state index in [1.807, 2.05) is 12.1 Å². The second kappa shape index (κ2) is 5.48. The van der Waals surface area contributed by atoms with Crippen molar-refractivity contribution in [2.75, 3.05) is 6.61 Å². The number of aliphatic hydroxyl groups excluding tert-OH is 1. The minimum atomic E-state index is -0.230. The maximum atomic E-state index is 11.6. The first-order chi connectivity index (χ1) is 7.17. The molecule has 0 aliphatic heterocycles. The number of carbonyl (C=O) groups is 1. The highest BCUT2D eigenvalue weighted by atomic mass is 16.3. The summed E-state index contributed by atoms with van der Waals surface area (Å²) < 4.78 is 0. The van der Waals surface area contributed by atoms with Crippen LogP contribution in [0.2, 0.25) is 0 Å². The molecule has 15 heavy (non-hydrogen) atoms. The molecular formula is C11H16N2O2. The van der Waals surface area contributed by atoms with Gasteiger partial charge in [-0.1, -0.05) is 12.1 Å². The summed E-state index contributed by atoms with van der Waals surface area (Å²) in [6.45, 7) is 2.15. The molecular weight excluding hydrogens is 192 g/mol. The van der Waals surface area contributed by atoms with E-state index < -0.39 is 0 Å². The van der Waals surface area contributed by atoms with Gasteiger partial charge in [-0.15, -0.1) is 0 Å². The summed E-state index contributed by atoms with van der Waals surface area (Å²) in [7, 11) is 0. The van der Waals surface area contributed by atoms with Crippen LogP contribution in [-0.2, 0) is 6.54 Å². The van der Waals surface area contributed by atoms with Crippen LogP contribution in [0.5, 0.6) is 0 Å². The van der Waals surface area contributed by atoms with Crippen LogP contribution in [0.4, 0.5) is 0 Å². The molecule has 0 bridgehead atoms. The van der Waals surface area contributed by atoms with Crippen molar-refractivity contribution in [2.45, 2.75) is 19.5 Å². The molecule has 0 radical (unpaired) electrons. The Morgan fingerprint density at radius 2 is 2.07 bits per heavy atom. The quantitative estimate of drug-likeness (QED) is 0.664. The summed E-state index contributed by atoms with van der Waals surface area (Å²) >= 11 is 0. The first-order valence-electron chi connectivity index (χ1n) is 4.88. The minimum absolute atomic E-state index is 0.0629. The molecule has 0 spiro atoms. The highest BCUT2D eigenvalue weighted by Gasteiger charge is 2.08. The van der Waals surface area contributed by atoms with E-state index in [0.717, 1.165) is 5.56 Å². The SMILES string of the molecule is C[C@@H](CO)NC(=O)c1ccc(CN)cc1. The Labute approximate surface area is 89.1 Å². The van der Waals surface area contributed by atoms with Crippen molar-refractivity contribution in [3.63, 3.8) is 0 Å². The number of aliphatic hydroxyl groups is 1. The standard InChI is InChI=1S/C11H16N2O2/c1-8(7-14)13-11(15)10-4-2-9(6-12)3-5-10/h2-5,8,14H,6-7,12H2,1H3,(H,13,15)/t8-/m0/s1. The van der Waals surface area contributed by atoms with Gasteiger partial charge in [0.2, 0.25) is 0 Å². The van der Waals surface area contributed by atoms with Gasteiger partial charge in [-0.3, -0.25) is 4.79 Å². The van der Waals surface area contributed by atoms with Crippen LogP contribution in [-0.4, -0.2) is 23.7 Å². The molecule has 1 amide bonds. The minimum Gasteiger partial charge on any atom is -0.394 e. The van der Waals surface area contributed by atoms with Crippen molar-refractivity contribution in [3.05, 3.63) is 35.4 Å². The summed E-state index contributed by atoms with van der Waals surface area (Å²) in [4.78, 5) is 11.6. The molecule has 4 N–H and O–H groups in total. The van der Waals surface area contributed by atoms with Crippen LogP contribution in [0.3, 0.4) is 0 Å². The number of benzene rings is 1. The maximum absolute atomic E-state index is 11.6. The number of carbonyl (C=O) groups excluding carboxylic acids is 1. The molecule has 1 atom stereocenters. The molecule has 0 saturated carbocycles. The Balaban J connectivity index is 2.66. The summed E-state index contributed by atoms with van der Waals surface area (Å²) in [5.74, 6) is -0.180. The fourth-order valence-corrected chi connectivity index (χ4v) is 1.14. The van der Waals surface area contributed by atoms with Crippen LogP contribution in [0.1, 0.15) is 22.8 Å². The lowest BCUT2D eigenvalue weighted by molar-refractivity contribution is 0.0922. The fraction of sp³-hybridized carbons (Fsp3) is 0.364. The van der Waals surface area contributed by atoms with Gasteiger partial charge in [0.25, 0.3) is 5.91 Å². The molecule has 0 aromatic heterocycles. The number of hydrogen-bond donors (Lipinski definition) is 3. The Bertz CT molecular complexity index is 322. The van der Waals surface area contributed by atoms with Gasteiger partial charge in [0, 0.05) is 18.2 Å². The molecule has 0 fully saturated rings. The van der Waals surface area contributed by atoms with Crippen molar-refractivity contribution in [2.24, 2.45) is 5.73 Å². The highest BCUT2D eigenvalue weighted by molar-refractivity contribution is 5.94. The van der Waals surface area contributed by atoms with Crippen molar-refractivity contribution in [3.8, 4) is 0 Å². The van der Waals surface area contributed by atoms with Gasteiger partial charge in [-0.2, -0.15) is 0 Å². The molecule has 0 aliphatic carbocycles. The van der Waals surface area contributed by atoms with Crippen LogP contribution >= 0.6 is 0 Å². The van der Waals surface area contributed by atoms with E-state index in [4.69, 9.17) is 10.8 Å². The molecule has 0 aliphatic rings. The van der Waals surface area contributed by atoms with E-state index in [1.165, 1.54) is 0 Å². The summed E-state index contributed by atoms with van der Waals surface area (Å²) in [5, 5.41) is 11.4. The average molecular weight is 208 g/mol. The highest BCUT2D eigenvalue weighted by Crippen LogP contribution is 2.03. The second-order valence-corrected chi connectivity index (χ2v) is 3.46. The lowest BCUT2D eigenvalue weighted by atomic mass is 10.1.